The van der Waals surface area contributed by atoms with E-state index in [2.05, 4.69) is 17.5 Å². The smallest absolute Gasteiger partial charge is 0.341 e. The van der Waals surface area contributed by atoms with Gasteiger partial charge in [-0.25, -0.2) is 9.79 Å². The molecule has 0 fully saturated rings. The fourth-order valence-electron chi connectivity index (χ4n) is 5.51. The van der Waals surface area contributed by atoms with Crippen LogP contribution >= 0.6 is 0 Å². The minimum atomic E-state index is -1.84. The number of rotatable bonds is 11. The van der Waals surface area contributed by atoms with Crippen LogP contribution in [0.5, 0.6) is 5.75 Å². The number of nitrogens with one attached hydrogen (secondary N) is 1. The fourth-order valence-corrected chi connectivity index (χ4v) is 5.51. The molecule has 0 saturated heterocycles. The molecule has 3 aromatic rings. The van der Waals surface area contributed by atoms with Crippen LogP contribution in [0.3, 0.4) is 0 Å². The lowest BCUT2D eigenvalue weighted by Crippen LogP contribution is -2.62. The summed E-state index contributed by atoms with van der Waals surface area (Å²) < 4.78 is 10.8. The molecule has 0 aromatic heterocycles. The standard InChI is InChI=1S/C35H31N5O4/c1-3-44-34(42)35(23-38-18-17-24-9-5-4-6-10-24)31(41)20-32-39-33(25-13-15-28(43-2)16-14-25)29(22-37)30(40(32)35)19-26-11-7-8-12-27(26)21-36/h4-16,20,38H,3,17-19,23H2,1-2H3. The molecule has 2 aliphatic heterocycles. The van der Waals surface area contributed by atoms with Gasteiger partial charge in [0, 0.05) is 30.3 Å². The number of hydrogen-bond donors (Lipinski definition) is 1. The lowest BCUT2D eigenvalue weighted by molar-refractivity contribution is -0.157. The van der Waals surface area contributed by atoms with Gasteiger partial charge in [-0.05, 0) is 61.3 Å². The third-order valence-electron chi connectivity index (χ3n) is 7.70. The van der Waals surface area contributed by atoms with E-state index in [0.29, 0.717) is 46.8 Å². The summed E-state index contributed by atoms with van der Waals surface area (Å²) in [6.07, 6.45) is 2.11. The zero-order valence-electron chi connectivity index (χ0n) is 24.5. The molecule has 0 aliphatic carbocycles. The number of aliphatic imine (C=N–C) groups is 1. The summed E-state index contributed by atoms with van der Waals surface area (Å²) in [5.41, 5.74) is 1.89. The van der Waals surface area contributed by atoms with E-state index in [-0.39, 0.29) is 31.0 Å². The fraction of sp³-hybridized carbons (Fsp3) is 0.229. The highest BCUT2D eigenvalue weighted by Gasteiger charge is 2.58. The van der Waals surface area contributed by atoms with Crippen molar-refractivity contribution in [2.45, 2.75) is 25.3 Å². The summed E-state index contributed by atoms with van der Waals surface area (Å²) in [5, 5.41) is 23.7. The van der Waals surface area contributed by atoms with E-state index in [1.807, 2.05) is 30.3 Å². The Kier molecular flexibility index (Phi) is 8.99. The molecule has 9 nitrogen and oxygen atoms in total. The van der Waals surface area contributed by atoms with Crippen molar-refractivity contribution in [1.82, 2.24) is 10.2 Å². The van der Waals surface area contributed by atoms with Gasteiger partial charge in [0.2, 0.25) is 5.54 Å². The second-order valence-corrected chi connectivity index (χ2v) is 10.3. The molecule has 0 bridgehead atoms. The highest BCUT2D eigenvalue weighted by molar-refractivity contribution is 6.20. The summed E-state index contributed by atoms with van der Waals surface area (Å²) in [6.45, 7) is 2.15. The van der Waals surface area contributed by atoms with Crippen LogP contribution in [-0.2, 0) is 27.2 Å². The summed E-state index contributed by atoms with van der Waals surface area (Å²) in [5.74, 6) is -0.381. The number of ether oxygens (including phenoxy) is 2. The van der Waals surface area contributed by atoms with E-state index in [4.69, 9.17) is 14.5 Å². The SMILES string of the molecule is CCOC(=O)C1(CNCCc2ccccc2)C(=O)C=C2N=C(c3ccc(OC)cc3)C(C#N)=C(Cc3ccccc3C#N)N21. The number of methoxy groups -OCH3 is 1. The minimum Gasteiger partial charge on any atom is -0.497 e. The number of esters is 1. The van der Waals surface area contributed by atoms with Gasteiger partial charge in [-0.15, -0.1) is 0 Å². The van der Waals surface area contributed by atoms with Crippen LogP contribution in [0.4, 0.5) is 0 Å². The average molecular weight is 586 g/mol. The molecule has 0 radical (unpaired) electrons. The molecule has 3 aromatic carbocycles. The number of ketones is 1. The molecule has 0 spiro atoms. The number of nitriles is 2. The first kappa shape index (κ1) is 30.0. The van der Waals surface area contributed by atoms with E-state index < -0.39 is 17.3 Å². The van der Waals surface area contributed by atoms with E-state index in [1.54, 1.807) is 67.5 Å². The Morgan fingerprint density at radius 1 is 1.00 bits per heavy atom. The van der Waals surface area contributed by atoms with Gasteiger partial charge < -0.3 is 19.7 Å². The molecular formula is C35H31N5O4. The van der Waals surface area contributed by atoms with Gasteiger partial charge in [0.25, 0.3) is 0 Å². The van der Waals surface area contributed by atoms with E-state index in [1.165, 1.54) is 6.08 Å². The number of carbonyl (C=O) groups excluding carboxylic acids is 2. The highest BCUT2D eigenvalue weighted by atomic mass is 16.5. The molecule has 2 heterocycles. The molecular weight excluding hydrogens is 554 g/mol. The van der Waals surface area contributed by atoms with Crippen LogP contribution in [0.2, 0.25) is 0 Å². The number of benzene rings is 3. The van der Waals surface area contributed by atoms with Crippen molar-refractivity contribution in [3.8, 4) is 17.9 Å². The lowest BCUT2D eigenvalue weighted by Gasteiger charge is -2.41. The van der Waals surface area contributed by atoms with Gasteiger partial charge in [0.1, 0.15) is 17.6 Å². The first-order valence-electron chi connectivity index (χ1n) is 14.3. The van der Waals surface area contributed by atoms with Gasteiger partial charge in [-0.1, -0.05) is 48.5 Å². The first-order valence-corrected chi connectivity index (χ1v) is 14.3. The van der Waals surface area contributed by atoms with E-state index in [0.717, 1.165) is 5.56 Å². The molecule has 0 amide bonds. The van der Waals surface area contributed by atoms with Crippen molar-refractivity contribution in [3.63, 3.8) is 0 Å². The maximum absolute atomic E-state index is 14.0. The summed E-state index contributed by atoms with van der Waals surface area (Å²) in [6, 6.07) is 28.5. The van der Waals surface area contributed by atoms with Gasteiger partial charge in [0.15, 0.2) is 5.78 Å². The van der Waals surface area contributed by atoms with Crippen molar-refractivity contribution in [1.29, 1.82) is 10.5 Å². The van der Waals surface area contributed by atoms with Crippen LogP contribution in [0.1, 0.15) is 29.2 Å². The zero-order chi connectivity index (χ0) is 31.1. The predicted octanol–water partition coefficient (Wildman–Crippen LogP) is 4.25. The normalized spacial score (nSPS) is 17.3. The summed E-state index contributed by atoms with van der Waals surface area (Å²) in [7, 11) is 1.56. The summed E-state index contributed by atoms with van der Waals surface area (Å²) in [4.78, 5) is 34.2. The number of allylic oxidation sites excluding steroid dienone is 2. The van der Waals surface area contributed by atoms with Gasteiger partial charge in [-0.3, -0.25) is 4.79 Å². The van der Waals surface area contributed by atoms with Gasteiger partial charge >= 0.3 is 5.97 Å². The number of hydrogen-bond acceptors (Lipinski definition) is 9. The first-order chi connectivity index (χ1) is 21.5. The Labute approximate surface area is 256 Å². The Balaban J connectivity index is 1.63. The minimum absolute atomic E-state index is 0.0584. The van der Waals surface area contributed by atoms with Crippen molar-refractivity contribution >= 4 is 17.5 Å². The van der Waals surface area contributed by atoms with Crippen molar-refractivity contribution in [2.24, 2.45) is 4.99 Å². The molecule has 0 saturated carbocycles. The molecule has 5 rings (SSSR count). The average Bonchev–Trinajstić information content (AvgIpc) is 3.35. The molecule has 1 N–H and O–H groups in total. The zero-order valence-corrected chi connectivity index (χ0v) is 24.5. The quantitative estimate of drug-likeness (QED) is 0.201. The Morgan fingerprint density at radius 3 is 2.41 bits per heavy atom. The van der Waals surface area contributed by atoms with Crippen LogP contribution < -0.4 is 10.1 Å². The molecule has 1 atom stereocenters. The highest BCUT2D eigenvalue weighted by Crippen LogP contribution is 2.41. The molecule has 220 valence electrons. The maximum Gasteiger partial charge on any atom is 0.341 e. The van der Waals surface area contributed by atoms with E-state index >= 15 is 0 Å². The number of carbonyl (C=O) groups is 2. The maximum atomic E-state index is 14.0. The van der Waals surface area contributed by atoms with Gasteiger partial charge in [-0.2, -0.15) is 10.5 Å². The Morgan fingerprint density at radius 2 is 1.73 bits per heavy atom. The second-order valence-electron chi connectivity index (χ2n) is 10.3. The Bertz CT molecular complexity index is 1750. The number of nitrogens with zero attached hydrogens (tertiary/aromatic N) is 4. The monoisotopic (exact) mass is 585 g/mol. The van der Waals surface area contributed by atoms with Crippen molar-refractivity contribution < 1.29 is 19.1 Å². The summed E-state index contributed by atoms with van der Waals surface area (Å²) >= 11 is 0. The number of fused-ring (bicyclic) bond motifs is 1. The predicted molar refractivity (Wildman–Crippen MR) is 164 cm³/mol. The van der Waals surface area contributed by atoms with Crippen LogP contribution in [0, 0.1) is 22.7 Å². The third kappa shape index (κ3) is 5.61. The second kappa shape index (κ2) is 13.2. The molecule has 2 aliphatic rings. The Hall–Kier alpha value is -5.51. The molecule has 9 heteroatoms. The molecule has 44 heavy (non-hydrogen) atoms. The molecule has 1 unspecified atom stereocenters. The van der Waals surface area contributed by atoms with Crippen LogP contribution in [0.15, 0.2) is 107 Å². The largest absolute Gasteiger partial charge is 0.497 e. The lowest BCUT2D eigenvalue weighted by atomic mass is 9.89. The van der Waals surface area contributed by atoms with Crippen molar-refractivity contribution in [3.05, 3.63) is 124 Å². The topological polar surface area (TPSA) is 128 Å². The van der Waals surface area contributed by atoms with Crippen LogP contribution in [-0.4, -0.2) is 54.7 Å². The van der Waals surface area contributed by atoms with E-state index in [9.17, 15) is 20.1 Å². The third-order valence-corrected chi connectivity index (χ3v) is 7.70. The van der Waals surface area contributed by atoms with Crippen LogP contribution in [0.25, 0.3) is 0 Å². The van der Waals surface area contributed by atoms with Crippen molar-refractivity contribution in [2.75, 3.05) is 26.8 Å². The van der Waals surface area contributed by atoms with Gasteiger partial charge in [0.05, 0.1) is 36.6 Å².